The fraction of sp³-hybridized carbons (Fsp3) is 0.167. The number of aromatic amines is 1. The fourth-order valence-corrected chi connectivity index (χ4v) is 2.55. The van der Waals surface area contributed by atoms with E-state index in [0.29, 0.717) is 22.2 Å². The van der Waals surface area contributed by atoms with Crippen LogP contribution in [0.2, 0.25) is 0 Å². The van der Waals surface area contributed by atoms with E-state index in [-0.39, 0.29) is 0 Å². The molecule has 5 N–H and O–H groups in total. The van der Waals surface area contributed by atoms with Crippen molar-refractivity contribution in [2.45, 2.75) is 10.9 Å². The van der Waals surface area contributed by atoms with Gasteiger partial charge in [-0.25, -0.2) is 0 Å². The number of H-pyrrole nitrogens is 1. The number of nitrogens with two attached hydrogens (primary N) is 2. The number of hydrogen-bond donors (Lipinski definition) is 3. The maximum Gasteiger partial charge on any atom is 0.339 e. The number of nitrogens with one attached hydrogen (secondary N) is 1. The molecule has 0 aliphatic carbocycles. The highest BCUT2D eigenvalue weighted by Crippen LogP contribution is 2.23. The average Bonchev–Trinajstić information content (AvgIpc) is 2.42. The molecule has 110 valence electrons. The highest BCUT2D eigenvalue weighted by atomic mass is 32.2. The minimum absolute atomic E-state index is 0.329. The molecule has 1 aromatic carbocycles. The third-order valence-electron chi connectivity index (χ3n) is 2.73. The number of nitrogen functional groups attached to an aromatic ring is 1. The summed E-state index contributed by atoms with van der Waals surface area (Å²) >= 11 is 1.24. The van der Waals surface area contributed by atoms with Gasteiger partial charge >= 0.3 is 11.1 Å². The van der Waals surface area contributed by atoms with Crippen LogP contribution in [0, 0.1) is 0 Å². The zero-order chi connectivity index (χ0) is 15.6. The molecule has 0 saturated heterocycles. The van der Waals surface area contributed by atoms with Crippen molar-refractivity contribution in [1.82, 2.24) is 14.8 Å². The van der Waals surface area contributed by atoms with Crippen molar-refractivity contribution in [2.24, 2.45) is 12.8 Å². The highest BCUT2D eigenvalue weighted by Gasteiger charge is 2.08. The van der Waals surface area contributed by atoms with Gasteiger partial charge in [-0.2, -0.15) is 4.98 Å². The van der Waals surface area contributed by atoms with E-state index < -0.39 is 17.0 Å². The highest BCUT2D eigenvalue weighted by molar-refractivity contribution is 7.98. The van der Waals surface area contributed by atoms with E-state index in [1.807, 2.05) is 0 Å². The maximum atomic E-state index is 11.2. The summed E-state index contributed by atoms with van der Waals surface area (Å²) in [7, 11) is 1.58. The molecule has 0 spiro atoms. The number of carbonyl (C=O) groups is 1. The second kappa shape index (κ2) is 5.83. The molecule has 0 radical (unpaired) electrons. The summed E-state index contributed by atoms with van der Waals surface area (Å²) in [6, 6.07) is 4.76. The third-order valence-corrected chi connectivity index (χ3v) is 3.81. The van der Waals surface area contributed by atoms with E-state index in [9.17, 15) is 14.4 Å². The van der Waals surface area contributed by atoms with E-state index in [1.165, 1.54) is 22.5 Å². The SMILES string of the molecule is Cn1[nH]c(=O)c(=O)nc1SCc1ccc(C(N)=O)cc1N. The molecule has 2 rings (SSSR count). The molecule has 2 aromatic rings. The largest absolute Gasteiger partial charge is 0.398 e. The van der Waals surface area contributed by atoms with Crippen LogP contribution in [-0.4, -0.2) is 20.7 Å². The van der Waals surface area contributed by atoms with Gasteiger partial charge in [0.2, 0.25) is 5.91 Å². The Morgan fingerprint density at radius 1 is 1.43 bits per heavy atom. The molecule has 0 bridgehead atoms. The number of thioether (sulfide) groups is 1. The first-order valence-corrected chi connectivity index (χ1v) is 6.85. The van der Waals surface area contributed by atoms with Gasteiger partial charge in [-0.15, -0.1) is 0 Å². The molecule has 1 heterocycles. The number of primary amides is 1. The first-order valence-electron chi connectivity index (χ1n) is 5.87. The second-order valence-electron chi connectivity index (χ2n) is 4.27. The summed E-state index contributed by atoms with van der Waals surface area (Å²) in [6.07, 6.45) is 0. The van der Waals surface area contributed by atoms with E-state index in [2.05, 4.69) is 10.1 Å². The molecule has 0 saturated carbocycles. The predicted molar refractivity (Wildman–Crippen MR) is 79.0 cm³/mol. The van der Waals surface area contributed by atoms with Crippen molar-refractivity contribution in [3.05, 3.63) is 50.0 Å². The van der Waals surface area contributed by atoms with Gasteiger partial charge in [0.15, 0.2) is 5.16 Å². The van der Waals surface area contributed by atoms with Crippen LogP contribution in [0.5, 0.6) is 0 Å². The van der Waals surface area contributed by atoms with Crippen molar-refractivity contribution >= 4 is 23.4 Å². The zero-order valence-electron chi connectivity index (χ0n) is 11.1. The van der Waals surface area contributed by atoms with E-state index >= 15 is 0 Å². The lowest BCUT2D eigenvalue weighted by molar-refractivity contribution is 0.100. The summed E-state index contributed by atoms with van der Waals surface area (Å²) in [5.74, 6) is -0.123. The average molecular weight is 307 g/mol. The van der Waals surface area contributed by atoms with E-state index in [1.54, 1.807) is 19.2 Å². The van der Waals surface area contributed by atoms with E-state index in [0.717, 1.165) is 5.56 Å². The first-order chi connectivity index (χ1) is 9.88. The quantitative estimate of drug-likeness (QED) is 0.393. The van der Waals surface area contributed by atoms with Crippen LogP contribution in [0.4, 0.5) is 5.69 Å². The Hall–Kier alpha value is -2.55. The monoisotopic (exact) mass is 307 g/mol. The molecule has 0 aliphatic heterocycles. The van der Waals surface area contributed by atoms with Crippen LogP contribution in [0.25, 0.3) is 0 Å². The fourth-order valence-electron chi connectivity index (χ4n) is 1.61. The summed E-state index contributed by atoms with van der Waals surface area (Å²) in [5, 5.41) is 2.71. The van der Waals surface area contributed by atoms with Crippen LogP contribution in [0.1, 0.15) is 15.9 Å². The Labute approximate surface area is 123 Å². The van der Waals surface area contributed by atoms with Crippen molar-refractivity contribution in [2.75, 3.05) is 5.73 Å². The number of carbonyl (C=O) groups excluding carboxylic acids is 1. The Kier molecular flexibility index (Phi) is 4.13. The first kappa shape index (κ1) is 14.9. The van der Waals surface area contributed by atoms with Gasteiger partial charge in [0.25, 0.3) is 0 Å². The second-order valence-corrected chi connectivity index (χ2v) is 5.21. The molecule has 1 aromatic heterocycles. The number of benzene rings is 1. The van der Waals surface area contributed by atoms with Gasteiger partial charge in [0.05, 0.1) is 0 Å². The normalized spacial score (nSPS) is 10.5. The molecular weight excluding hydrogens is 294 g/mol. The molecule has 0 atom stereocenters. The number of nitrogens with zero attached hydrogens (tertiary/aromatic N) is 2. The summed E-state index contributed by atoms with van der Waals surface area (Å²) in [6.45, 7) is 0. The van der Waals surface area contributed by atoms with Crippen molar-refractivity contribution < 1.29 is 4.79 Å². The Morgan fingerprint density at radius 2 is 2.14 bits per heavy atom. The van der Waals surface area contributed by atoms with Crippen LogP contribution < -0.4 is 22.6 Å². The Balaban J connectivity index is 2.21. The minimum Gasteiger partial charge on any atom is -0.398 e. The number of aromatic nitrogens is 3. The summed E-state index contributed by atoms with van der Waals surface area (Å²) in [4.78, 5) is 37.0. The molecular formula is C12H13N5O3S. The van der Waals surface area contributed by atoms with Gasteiger partial charge in [0, 0.05) is 24.1 Å². The topological polar surface area (TPSA) is 137 Å². The van der Waals surface area contributed by atoms with Crippen LogP contribution in [0.15, 0.2) is 32.9 Å². The van der Waals surface area contributed by atoms with Gasteiger partial charge in [-0.1, -0.05) is 17.8 Å². The Bertz CT molecular complexity index is 811. The molecule has 21 heavy (non-hydrogen) atoms. The van der Waals surface area contributed by atoms with Crippen molar-refractivity contribution in [3.8, 4) is 0 Å². The van der Waals surface area contributed by atoms with Gasteiger partial charge in [0.1, 0.15) is 0 Å². The minimum atomic E-state index is -0.840. The van der Waals surface area contributed by atoms with Crippen LogP contribution >= 0.6 is 11.8 Å². The third kappa shape index (κ3) is 3.31. The van der Waals surface area contributed by atoms with Crippen LogP contribution in [-0.2, 0) is 12.8 Å². The lowest BCUT2D eigenvalue weighted by Gasteiger charge is -2.08. The molecule has 0 fully saturated rings. The van der Waals surface area contributed by atoms with E-state index in [4.69, 9.17) is 11.5 Å². The van der Waals surface area contributed by atoms with Gasteiger partial charge in [-0.3, -0.25) is 24.2 Å². The molecule has 9 heteroatoms. The van der Waals surface area contributed by atoms with Crippen molar-refractivity contribution in [1.29, 1.82) is 0 Å². The molecule has 0 aliphatic rings. The molecule has 0 unspecified atom stereocenters. The summed E-state index contributed by atoms with van der Waals surface area (Å²) < 4.78 is 1.36. The number of amides is 1. The van der Waals surface area contributed by atoms with Crippen LogP contribution in [0.3, 0.4) is 0 Å². The summed E-state index contributed by atoms with van der Waals surface area (Å²) in [5.41, 5.74) is 10.9. The standard InChI is InChI=1S/C12H13N5O3S/c1-17-12(15-10(19)11(20)16-17)21-5-7-3-2-6(9(14)18)4-8(7)13/h2-4H,5,13H2,1H3,(H2,14,18)(H,16,20). The van der Waals surface area contributed by atoms with Gasteiger partial charge < -0.3 is 11.5 Å². The lowest BCUT2D eigenvalue weighted by Crippen LogP contribution is -2.33. The maximum absolute atomic E-state index is 11.2. The number of hydrogen-bond acceptors (Lipinski definition) is 6. The number of rotatable bonds is 4. The van der Waals surface area contributed by atoms with Crippen molar-refractivity contribution in [3.63, 3.8) is 0 Å². The Morgan fingerprint density at radius 3 is 2.76 bits per heavy atom. The number of aryl methyl sites for hydroxylation is 1. The molecule has 1 amide bonds. The molecule has 8 nitrogen and oxygen atoms in total. The predicted octanol–water partition coefficient (Wildman–Crippen LogP) is -0.558. The zero-order valence-corrected chi connectivity index (χ0v) is 11.9. The number of anilines is 1. The van der Waals surface area contributed by atoms with Gasteiger partial charge in [-0.05, 0) is 17.7 Å². The smallest absolute Gasteiger partial charge is 0.339 e. The lowest BCUT2D eigenvalue weighted by atomic mass is 10.1.